The highest BCUT2D eigenvalue weighted by Crippen LogP contribution is 2.39. The molecule has 0 aliphatic carbocycles. The molecule has 0 aromatic heterocycles. The van der Waals surface area contributed by atoms with Gasteiger partial charge < -0.3 is 0 Å². The molecule has 2 rings (SSSR count). The highest BCUT2D eigenvalue weighted by molar-refractivity contribution is 9.11. The Bertz CT molecular complexity index is 623. The van der Waals surface area contributed by atoms with Crippen LogP contribution >= 0.6 is 59.4 Å². The molecule has 100 valence electrons. The second-order valence-corrected chi connectivity index (χ2v) is 7.55. The van der Waals surface area contributed by atoms with E-state index in [0.717, 1.165) is 14.0 Å². The number of alkyl halides is 1. The number of benzene rings is 2. The normalized spacial score (nSPS) is 12.5. The molecule has 0 aliphatic rings. The van der Waals surface area contributed by atoms with Crippen LogP contribution in [0.15, 0.2) is 39.3 Å². The molecule has 4 heteroatoms. The topological polar surface area (TPSA) is 0 Å². The van der Waals surface area contributed by atoms with Crippen LogP contribution in [0.5, 0.6) is 0 Å². The largest absolute Gasteiger partial charge is 0.0843 e. The third-order valence-corrected chi connectivity index (χ3v) is 5.83. The van der Waals surface area contributed by atoms with Crippen LogP contribution in [-0.2, 0) is 0 Å². The third-order valence-electron chi connectivity index (χ3n) is 3.07. The Morgan fingerprint density at radius 1 is 0.895 bits per heavy atom. The zero-order valence-electron chi connectivity index (χ0n) is 10.5. The van der Waals surface area contributed by atoms with Gasteiger partial charge in [-0.25, -0.2) is 0 Å². The second-order valence-electron chi connectivity index (χ2n) is 4.49. The van der Waals surface area contributed by atoms with Gasteiger partial charge in [0.2, 0.25) is 0 Å². The van der Waals surface area contributed by atoms with Crippen molar-refractivity contribution in [3.8, 4) is 0 Å². The van der Waals surface area contributed by atoms with Crippen LogP contribution in [0.2, 0.25) is 5.02 Å². The van der Waals surface area contributed by atoms with E-state index in [1.54, 1.807) is 0 Å². The smallest absolute Gasteiger partial charge is 0.0659 e. The summed E-state index contributed by atoms with van der Waals surface area (Å²) in [6.45, 7) is 4.17. The Hall–Kier alpha value is 0.170. The Balaban J connectivity index is 2.52. The van der Waals surface area contributed by atoms with E-state index in [1.807, 2.05) is 18.2 Å². The van der Waals surface area contributed by atoms with Gasteiger partial charge in [-0.05, 0) is 60.4 Å². The van der Waals surface area contributed by atoms with Gasteiger partial charge in [0.15, 0.2) is 0 Å². The molecule has 2 aromatic carbocycles. The molecular weight excluding hydrogens is 455 g/mol. The Morgan fingerprint density at radius 3 is 2.26 bits per heavy atom. The lowest BCUT2D eigenvalue weighted by Gasteiger charge is -2.17. The summed E-state index contributed by atoms with van der Waals surface area (Å²) < 4.78 is 2.20. The fraction of sp³-hybridized carbons (Fsp3) is 0.200. The van der Waals surface area contributed by atoms with E-state index in [0.29, 0.717) is 0 Å². The molecule has 2 aromatic rings. The van der Waals surface area contributed by atoms with Crippen LogP contribution in [0.3, 0.4) is 0 Å². The number of rotatable bonds is 2. The maximum atomic E-state index is 6.10. The minimum absolute atomic E-state index is 0.109. The number of aryl methyl sites for hydroxylation is 2. The Kier molecular flexibility index (Phi) is 5.15. The maximum Gasteiger partial charge on any atom is 0.0659 e. The molecule has 0 spiro atoms. The molecule has 0 amide bonds. The first-order valence-electron chi connectivity index (χ1n) is 5.76. The van der Waals surface area contributed by atoms with E-state index < -0.39 is 0 Å². The van der Waals surface area contributed by atoms with Crippen molar-refractivity contribution >= 4 is 59.4 Å². The fourth-order valence-corrected chi connectivity index (χ4v) is 4.32. The lowest BCUT2D eigenvalue weighted by Crippen LogP contribution is -1.98. The quantitative estimate of drug-likeness (QED) is 0.419. The summed E-state index contributed by atoms with van der Waals surface area (Å²) in [5, 5.41) is 0.757. The second kappa shape index (κ2) is 6.30. The van der Waals surface area contributed by atoms with Crippen molar-refractivity contribution in [1.29, 1.82) is 0 Å². The van der Waals surface area contributed by atoms with Crippen molar-refractivity contribution < 1.29 is 0 Å². The lowest BCUT2D eigenvalue weighted by molar-refractivity contribution is 1.12. The van der Waals surface area contributed by atoms with Crippen molar-refractivity contribution in [1.82, 2.24) is 0 Å². The zero-order chi connectivity index (χ0) is 14.2. The summed E-state index contributed by atoms with van der Waals surface area (Å²) in [5.74, 6) is 0. The molecule has 1 unspecified atom stereocenters. The van der Waals surface area contributed by atoms with Crippen molar-refractivity contribution in [2.75, 3.05) is 0 Å². The van der Waals surface area contributed by atoms with Gasteiger partial charge >= 0.3 is 0 Å². The molecule has 19 heavy (non-hydrogen) atoms. The summed E-state index contributed by atoms with van der Waals surface area (Å²) in [5.41, 5.74) is 4.79. The van der Waals surface area contributed by atoms with E-state index in [1.165, 1.54) is 22.3 Å². The van der Waals surface area contributed by atoms with Gasteiger partial charge in [-0.1, -0.05) is 65.5 Å². The van der Waals surface area contributed by atoms with Gasteiger partial charge in [0.05, 0.1) is 4.83 Å². The molecule has 0 saturated carbocycles. The van der Waals surface area contributed by atoms with Crippen molar-refractivity contribution in [2.45, 2.75) is 18.7 Å². The number of halogens is 4. The van der Waals surface area contributed by atoms with Gasteiger partial charge in [-0.2, -0.15) is 0 Å². The van der Waals surface area contributed by atoms with Gasteiger partial charge in [-0.15, -0.1) is 0 Å². The monoisotopic (exact) mass is 464 g/mol. The molecular formula is C15H12Br3Cl. The molecule has 0 saturated heterocycles. The van der Waals surface area contributed by atoms with Gasteiger partial charge in [0.1, 0.15) is 0 Å². The first kappa shape index (κ1) is 15.6. The van der Waals surface area contributed by atoms with E-state index in [2.05, 4.69) is 73.8 Å². The number of hydrogen-bond acceptors (Lipinski definition) is 0. The standard InChI is InChI=1S/C15H12Br3Cl/c1-8-3-4-10(19)6-11(8)15(18)12-7-13(16)9(2)5-14(12)17/h3-7,15H,1-2H3. The van der Waals surface area contributed by atoms with Crippen LogP contribution in [0, 0.1) is 13.8 Å². The van der Waals surface area contributed by atoms with E-state index in [9.17, 15) is 0 Å². The molecule has 0 heterocycles. The minimum atomic E-state index is 0.109. The molecule has 0 N–H and O–H groups in total. The van der Waals surface area contributed by atoms with Crippen LogP contribution in [0.25, 0.3) is 0 Å². The Labute approximate surface area is 143 Å². The minimum Gasteiger partial charge on any atom is -0.0843 e. The average Bonchev–Trinajstić information content (AvgIpc) is 2.36. The highest BCUT2D eigenvalue weighted by atomic mass is 79.9. The molecule has 1 atom stereocenters. The van der Waals surface area contributed by atoms with Gasteiger partial charge in [0, 0.05) is 14.0 Å². The predicted octanol–water partition coefficient (Wildman–Crippen LogP) is 6.97. The van der Waals surface area contributed by atoms with Crippen molar-refractivity contribution in [3.63, 3.8) is 0 Å². The average molecular weight is 467 g/mol. The van der Waals surface area contributed by atoms with Crippen LogP contribution in [0.1, 0.15) is 27.1 Å². The maximum absolute atomic E-state index is 6.10. The summed E-state index contributed by atoms with van der Waals surface area (Å²) in [6, 6.07) is 10.2. The Morgan fingerprint density at radius 2 is 1.58 bits per heavy atom. The summed E-state index contributed by atoms with van der Waals surface area (Å²) in [6.07, 6.45) is 0. The van der Waals surface area contributed by atoms with Gasteiger partial charge in [0.25, 0.3) is 0 Å². The fourth-order valence-electron chi connectivity index (χ4n) is 1.91. The summed E-state index contributed by atoms with van der Waals surface area (Å²) in [7, 11) is 0. The first-order valence-corrected chi connectivity index (χ1v) is 8.63. The first-order chi connectivity index (χ1) is 8.90. The molecule has 0 fully saturated rings. The SMILES string of the molecule is Cc1cc(Br)c(C(Br)c2cc(Cl)ccc2C)cc1Br. The lowest BCUT2D eigenvalue weighted by atomic mass is 10.00. The molecule has 0 nitrogen and oxygen atoms in total. The third kappa shape index (κ3) is 3.44. The van der Waals surface area contributed by atoms with Crippen molar-refractivity contribution in [2.24, 2.45) is 0 Å². The van der Waals surface area contributed by atoms with Crippen LogP contribution < -0.4 is 0 Å². The highest BCUT2D eigenvalue weighted by Gasteiger charge is 2.17. The number of hydrogen-bond donors (Lipinski definition) is 0. The van der Waals surface area contributed by atoms with Crippen molar-refractivity contribution in [3.05, 3.63) is 66.6 Å². The molecule has 0 aliphatic heterocycles. The van der Waals surface area contributed by atoms with E-state index in [4.69, 9.17) is 11.6 Å². The van der Waals surface area contributed by atoms with Gasteiger partial charge in [-0.3, -0.25) is 0 Å². The summed E-state index contributed by atoms with van der Waals surface area (Å²) >= 11 is 17.1. The predicted molar refractivity (Wildman–Crippen MR) is 93.5 cm³/mol. The molecule has 0 bridgehead atoms. The van der Waals surface area contributed by atoms with Crippen LogP contribution in [-0.4, -0.2) is 0 Å². The molecule has 0 radical (unpaired) electrons. The zero-order valence-corrected chi connectivity index (χ0v) is 16.0. The summed E-state index contributed by atoms with van der Waals surface area (Å²) in [4.78, 5) is 0.109. The van der Waals surface area contributed by atoms with Crippen LogP contribution in [0.4, 0.5) is 0 Å². The van der Waals surface area contributed by atoms with E-state index in [-0.39, 0.29) is 4.83 Å². The van der Waals surface area contributed by atoms with E-state index >= 15 is 0 Å².